The van der Waals surface area contributed by atoms with Gasteiger partial charge in [-0.1, -0.05) is 35.0 Å². The molecule has 156 valence electrons. The van der Waals surface area contributed by atoms with Crippen molar-refractivity contribution in [3.05, 3.63) is 59.6 Å². The van der Waals surface area contributed by atoms with Crippen molar-refractivity contribution in [1.82, 2.24) is 25.3 Å². The Morgan fingerprint density at radius 2 is 2.03 bits per heavy atom. The second-order valence-corrected chi connectivity index (χ2v) is 7.29. The van der Waals surface area contributed by atoms with Crippen molar-refractivity contribution < 1.29 is 4.52 Å². The molecule has 2 aromatic heterocycles. The number of aliphatic imine (C=N–C) groups is 1. The van der Waals surface area contributed by atoms with Gasteiger partial charge in [0.2, 0.25) is 11.7 Å². The number of rotatable bonds is 5. The van der Waals surface area contributed by atoms with Gasteiger partial charge in [0, 0.05) is 49.5 Å². The van der Waals surface area contributed by atoms with Crippen molar-refractivity contribution >= 4 is 23.4 Å². The maximum atomic E-state index is 6.05. The lowest BCUT2D eigenvalue weighted by atomic mass is 10.2. The Bertz CT molecular complexity index is 984. The third-order valence-corrected chi connectivity index (χ3v) is 5.04. The third kappa shape index (κ3) is 4.88. The van der Waals surface area contributed by atoms with Gasteiger partial charge >= 0.3 is 0 Å². The number of nitrogens with zero attached hydrogens (tertiary/aromatic N) is 6. The summed E-state index contributed by atoms with van der Waals surface area (Å²) in [4.78, 5) is 18.1. The van der Waals surface area contributed by atoms with Gasteiger partial charge < -0.3 is 19.6 Å². The van der Waals surface area contributed by atoms with Crippen LogP contribution in [0.2, 0.25) is 5.02 Å². The Kier molecular flexibility index (Phi) is 6.44. The topological polar surface area (TPSA) is 82.7 Å². The average Bonchev–Trinajstić information content (AvgIpc) is 3.27. The molecule has 0 bridgehead atoms. The first-order valence-corrected chi connectivity index (χ1v) is 10.4. The van der Waals surface area contributed by atoms with Crippen LogP contribution in [0.25, 0.3) is 11.4 Å². The van der Waals surface area contributed by atoms with Gasteiger partial charge in [0.15, 0.2) is 5.96 Å². The molecule has 0 amide bonds. The molecule has 0 unspecified atom stereocenters. The van der Waals surface area contributed by atoms with E-state index in [-0.39, 0.29) is 0 Å². The molecule has 4 rings (SSSR count). The van der Waals surface area contributed by atoms with Gasteiger partial charge in [-0.25, -0.2) is 9.98 Å². The van der Waals surface area contributed by atoms with Gasteiger partial charge in [0.1, 0.15) is 12.4 Å². The summed E-state index contributed by atoms with van der Waals surface area (Å²) in [5.74, 6) is 2.84. The zero-order valence-electron chi connectivity index (χ0n) is 16.8. The molecule has 1 fully saturated rings. The summed E-state index contributed by atoms with van der Waals surface area (Å²) in [6.45, 7) is 6.67. The number of piperazine rings is 1. The summed E-state index contributed by atoms with van der Waals surface area (Å²) in [5.41, 5.74) is 0.819. The molecular weight excluding hydrogens is 402 g/mol. The van der Waals surface area contributed by atoms with E-state index in [0.717, 1.165) is 50.1 Å². The Balaban J connectivity index is 1.40. The molecule has 30 heavy (non-hydrogen) atoms. The highest BCUT2D eigenvalue weighted by Crippen LogP contribution is 2.20. The first-order valence-electron chi connectivity index (χ1n) is 10.0. The zero-order chi connectivity index (χ0) is 20.8. The van der Waals surface area contributed by atoms with Crippen molar-refractivity contribution in [2.24, 2.45) is 4.99 Å². The van der Waals surface area contributed by atoms with Crippen molar-refractivity contribution in [2.75, 3.05) is 37.6 Å². The number of nitrogens with one attached hydrogen (secondary N) is 1. The van der Waals surface area contributed by atoms with Crippen LogP contribution in [-0.4, -0.2) is 58.7 Å². The Labute approximate surface area is 180 Å². The quantitative estimate of drug-likeness (QED) is 0.496. The monoisotopic (exact) mass is 425 g/mol. The Morgan fingerprint density at radius 1 is 1.17 bits per heavy atom. The van der Waals surface area contributed by atoms with E-state index in [0.29, 0.717) is 23.3 Å². The molecule has 0 radical (unpaired) electrons. The number of halogens is 1. The molecule has 1 aliphatic heterocycles. The van der Waals surface area contributed by atoms with E-state index in [1.807, 2.05) is 48.7 Å². The Morgan fingerprint density at radius 3 is 2.77 bits per heavy atom. The average molecular weight is 426 g/mol. The molecule has 1 aliphatic rings. The molecule has 8 nitrogen and oxygen atoms in total. The molecule has 0 aliphatic carbocycles. The lowest BCUT2D eigenvalue weighted by Crippen LogP contribution is -2.52. The minimum atomic E-state index is 0.316. The molecule has 1 aromatic carbocycles. The van der Waals surface area contributed by atoms with E-state index in [1.165, 1.54) is 0 Å². The molecule has 0 saturated carbocycles. The van der Waals surface area contributed by atoms with Crippen LogP contribution in [0.5, 0.6) is 0 Å². The second-order valence-electron chi connectivity index (χ2n) is 6.85. The van der Waals surface area contributed by atoms with Crippen LogP contribution in [0.4, 0.5) is 5.82 Å². The number of pyridine rings is 1. The van der Waals surface area contributed by atoms with E-state index < -0.39 is 0 Å². The molecule has 3 aromatic rings. The van der Waals surface area contributed by atoms with Crippen molar-refractivity contribution in [2.45, 2.75) is 13.5 Å². The maximum absolute atomic E-state index is 6.05. The highest BCUT2D eigenvalue weighted by atomic mass is 35.5. The summed E-state index contributed by atoms with van der Waals surface area (Å²) in [5, 5.41) is 8.04. The normalized spacial score (nSPS) is 14.8. The minimum Gasteiger partial charge on any atom is -0.357 e. The fourth-order valence-corrected chi connectivity index (χ4v) is 3.51. The highest BCUT2D eigenvalue weighted by Gasteiger charge is 2.20. The summed E-state index contributed by atoms with van der Waals surface area (Å²) in [6.07, 6.45) is 1.83. The van der Waals surface area contributed by atoms with Gasteiger partial charge in [-0.3, -0.25) is 0 Å². The van der Waals surface area contributed by atoms with Gasteiger partial charge in [0.25, 0.3) is 0 Å². The maximum Gasteiger partial charge on any atom is 0.248 e. The van der Waals surface area contributed by atoms with E-state index in [2.05, 4.69) is 37.2 Å². The summed E-state index contributed by atoms with van der Waals surface area (Å²) in [6, 6.07) is 13.4. The molecule has 9 heteroatoms. The molecule has 0 atom stereocenters. The van der Waals surface area contributed by atoms with Gasteiger partial charge in [-0.15, -0.1) is 0 Å². The predicted molar refractivity (Wildman–Crippen MR) is 118 cm³/mol. The molecule has 1 N–H and O–H groups in total. The van der Waals surface area contributed by atoms with Crippen LogP contribution in [0.15, 0.2) is 58.2 Å². The number of guanidine groups is 1. The van der Waals surface area contributed by atoms with Gasteiger partial charge in [-0.05, 0) is 31.2 Å². The molecule has 0 spiro atoms. The first kappa shape index (κ1) is 20.2. The van der Waals surface area contributed by atoms with Crippen molar-refractivity contribution in [1.29, 1.82) is 0 Å². The molecule has 1 saturated heterocycles. The second kappa shape index (κ2) is 9.58. The minimum absolute atomic E-state index is 0.316. The SMILES string of the molecule is CCNC(=NCc1nc(-c2cccc(Cl)c2)no1)N1CCN(c2ccccn2)CC1. The number of hydrogen-bond acceptors (Lipinski definition) is 6. The smallest absolute Gasteiger partial charge is 0.248 e. The van der Waals surface area contributed by atoms with Crippen molar-refractivity contribution in [3.8, 4) is 11.4 Å². The number of hydrogen-bond donors (Lipinski definition) is 1. The van der Waals surface area contributed by atoms with Crippen LogP contribution < -0.4 is 10.2 Å². The third-order valence-electron chi connectivity index (χ3n) is 4.80. The van der Waals surface area contributed by atoms with Gasteiger partial charge in [0.05, 0.1) is 0 Å². The number of aromatic nitrogens is 3. The first-order chi connectivity index (χ1) is 14.7. The summed E-state index contributed by atoms with van der Waals surface area (Å²) < 4.78 is 5.38. The van der Waals surface area contributed by atoms with E-state index in [4.69, 9.17) is 21.1 Å². The van der Waals surface area contributed by atoms with Crippen LogP contribution in [0.1, 0.15) is 12.8 Å². The molecule has 3 heterocycles. The van der Waals surface area contributed by atoms with Crippen molar-refractivity contribution in [3.63, 3.8) is 0 Å². The van der Waals surface area contributed by atoms with E-state index >= 15 is 0 Å². The lowest BCUT2D eigenvalue weighted by Gasteiger charge is -2.37. The van der Waals surface area contributed by atoms with Crippen LogP contribution in [-0.2, 0) is 6.54 Å². The van der Waals surface area contributed by atoms with Gasteiger partial charge in [-0.2, -0.15) is 4.98 Å². The number of benzene rings is 1. The van der Waals surface area contributed by atoms with E-state index in [1.54, 1.807) is 0 Å². The van der Waals surface area contributed by atoms with E-state index in [9.17, 15) is 0 Å². The van der Waals surface area contributed by atoms with Crippen LogP contribution in [0.3, 0.4) is 0 Å². The highest BCUT2D eigenvalue weighted by molar-refractivity contribution is 6.30. The zero-order valence-corrected chi connectivity index (χ0v) is 17.6. The summed E-state index contributed by atoms with van der Waals surface area (Å²) in [7, 11) is 0. The lowest BCUT2D eigenvalue weighted by molar-refractivity contribution is 0.364. The van der Waals surface area contributed by atoms with Crippen LogP contribution >= 0.6 is 11.6 Å². The fourth-order valence-electron chi connectivity index (χ4n) is 3.32. The summed E-state index contributed by atoms with van der Waals surface area (Å²) >= 11 is 6.05. The standard InChI is InChI=1S/C21H24ClN7O/c1-2-23-21(29-12-10-28(11-13-29)18-8-3-4-9-24-18)25-15-19-26-20(27-30-19)16-6-5-7-17(22)14-16/h3-9,14H,2,10-13,15H2,1H3,(H,23,25). The largest absolute Gasteiger partial charge is 0.357 e. The predicted octanol–water partition coefficient (Wildman–Crippen LogP) is 3.07. The van der Waals surface area contributed by atoms with Crippen LogP contribution in [0, 0.1) is 0 Å². The number of anilines is 1. The molecular formula is C21H24ClN7O. The fraction of sp³-hybridized carbons (Fsp3) is 0.333. The Hall–Kier alpha value is -3.13.